The first-order valence-electron chi connectivity index (χ1n) is 12.0. The van der Waals surface area contributed by atoms with Crippen LogP contribution in [0.3, 0.4) is 0 Å². The number of hydrogen-bond acceptors (Lipinski definition) is 3. The topological polar surface area (TPSA) is 65.2 Å². The standard InChI is InChI=1S/C27H29F6N3O2/c1-36(2)11-5-8-25(38)35-23(14-18-16-34-22-7-4-3-6-21(18)22)24(37)10-9-17-12-19(26(28,29)30)15-20(13-17)27(31,32)33/h3-4,6-7,12-13,15-16,23,34H,5,8-11,14H2,1-2H3,(H,35,38). The summed E-state index contributed by atoms with van der Waals surface area (Å²) >= 11 is 0. The second kappa shape index (κ2) is 12.0. The van der Waals surface area contributed by atoms with Crippen molar-refractivity contribution >= 4 is 22.6 Å². The molecular weight excluding hydrogens is 512 g/mol. The zero-order valence-electron chi connectivity index (χ0n) is 21.0. The third kappa shape index (κ3) is 8.08. The van der Waals surface area contributed by atoms with Gasteiger partial charge in [-0.15, -0.1) is 0 Å². The summed E-state index contributed by atoms with van der Waals surface area (Å²) in [7, 11) is 3.72. The maximum absolute atomic E-state index is 13.2. The number of benzene rings is 2. The number of aromatic amines is 1. The Morgan fingerprint density at radius 2 is 1.58 bits per heavy atom. The van der Waals surface area contributed by atoms with Gasteiger partial charge < -0.3 is 15.2 Å². The van der Waals surface area contributed by atoms with Gasteiger partial charge in [0.25, 0.3) is 0 Å². The van der Waals surface area contributed by atoms with E-state index in [4.69, 9.17) is 0 Å². The number of rotatable bonds is 11. The first kappa shape index (κ1) is 29.2. The molecule has 2 N–H and O–H groups in total. The van der Waals surface area contributed by atoms with Gasteiger partial charge in [-0.3, -0.25) is 9.59 Å². The van der Waals surface area contributed by atoms with Gasteiger partial charge in [-0.25, -0.2) is 0 Å². The van der Waals surface area contributed by atoms with Crippen LogP contribution in [0.1, 0.15) is 41.5 Å². The van der Waals surface area contributed by atoms with Gasteiger partial charge in [0.2, 0.25) is 5.91 Å². The molecule has 38 heavy (non-hydrogen) atoms. The number of carbonyl (C=O) groups excluding carboxylic acids is 2. The molecule has 3 rings (SSSR count). The fraction of sp³-hybridized carbons (Fsp3) is 0.407. The quantitative estimate of drug-likeness (QED) is 0.303. The van der Waals surface area contributed by atoms with Gasteiger partial charge in [-0.1, -0.05) is 18.2 Å². The van der Waals surface area contributed by atoms with Gasteiger partial charge in [0, 0.05) is 36.4 Å². The largest absolute Gasteiger partial charge is 0.416 e. The highest BCUT2D eigenvalue weighted by Crippen LogP contribution is 2.36. The molecule has 0 fully saturated rings. The average molecular weight is 542 g/mol. The molecule has 0 saturated heterocycles. The number of ketones is 1. The zero-order chi connectivity index (χ0) is 28.1. The molecular formula is C27H29F6N3O2. The van der Waals surface area contributed by atoms with Gasteiger partial charge >= 0.3 is 12.4 Å². The predicted molar refractivity (Wildman–Crippen MR) is 131 cm³/mol. The lowest BCUT2D eigenvalue weighted by Crippen LogP contribution is -2.42. The third-order valence-corrected chi connectivity index (χ3v) is 6.14. The van der Waals surface area contributed by atoms with Crippen molar-refractivity contribution in [2.75, 3.05) is 20.6 Å². The Labute approximate surface area is 216 Å². The van der Waals surface area contributed by atoms with E-state index in [0.29, 0.717) is 25.1 Å². The van der Waals surface area contributed by atoms with Crippen LogP contribution in [0.5, 0.6) is 0 Å². The molecule has 1 unspecified atom stereocenters. The van der Waals surface area contributed by atoms with E-state index in [1.54, 1.807) is 6.20 Å². The molecule has 11 heteroatoms. The molecule has 0 aliphatic rings. The molecule has 1 amide bonds. The van der Waals surface area contributed by atoms with E-state index in [2.05, 4.69) is 10.3 Å². The van der Waals surface area contributed by atoms with Crippen molar-refractivity contribution in [3.05, 3.63) is 70.9 Å². The number of para-hydroxylation sites is 1. The summed E-state index contributed by atoms with van der Waals surface area (Å²) in [5.41, 5.74) is -1.54. The fourth-order valence-electron chi connectivity index (χ4n) is 4.19. The van der Waals surface area contributed by atoms with Crippen molar-refractivity contribution in [2.45, 2.75) is 50.5 Å². The lowest BCUT2D eigenvalue weighted by molar-refractivity contribution is -0.143. The van der Waals surface area contributed by atoms with Gasteiger partial charge in [-0.2, -0.15) is 26.3 Å². The van der Waals surface area contributed by atoms with Gasteiger partial charge in [0.15, 0.2) is 5.78 Å². The Morgan fingerprint density at radius 1 is 0.947 bits per heavy atom. The smallest absolute Gasteiger partial charge is 0.361 e. The van der Waals surface area contributed by atoms with E-state index in [0.717, 1.165) is 16.5 Å². The number of amides is 1. The third-order valence-electron chi connectivity index (χ3n) is 6.14. The van der Waals surface area contributed by atoms with Crippen LogP contribution in [0, 0.1) is 0 Å². The maximum Gasteiger partial charge on any atom is 0.416 e. The number of H-pyrrole nitrogens is 1. The van der Waals surface area contributed by atoms with E-state index in [9.17, 15) is 35.9 Å². The Balaban J connectivity index is 1.80. The Morgan fingerprint density at radius 3 is 2.18 bits per heavy atom. The monoisotopic (exact) mass is 541 g/mol. The number of nitrogens with zero attached hydrogens (tertiary/aromatic N) is 1. The maximum atomic E-state index is 13.2. The van der Waals surface area contributed by atoms with Crippen LogP contribution >= 0.6 is 0 Å². The number of hydrogen-bond donors (Lipinski definition) is 2. The second-order valence-electron chi connectivity index (χ2n) is 9.47. The first-order chi connectivity index (χ1) is 17.7. The number of halogens is 6. The number of fused-ring (bicyclic) bond motifs is 1. The van der Waals surface area contributed by atoms with Gasteiger partial charge in [0.1, 0.15) is 0 Å². The minimum atomic E-state index is -4.97. The van der Waals surface area contributed by atoms with Crippen molar-refractivity contribution < 1.29 is 35.9 Å². The number of carbonyl (C=O) groups is 2. The fourth-order valence-corrected chi connectivity index (χ4v) is 4.19. The molecule has 1 aromatic heterocycles. The number of Topliss-reactive ketones (excluding diaryl/α,β-unsaturated/α-hetero) is 1. The van der Waals surface area contributed by atoms with Crippen LogP contribution in [-0.4, -0.2) is 48.3 Å². The summed E-state index contributed by atoms with van der Waals surface area (Å²) in [6, 6.07) is 7.66. The second-order valence-corrected chi connectivity index (χ2v) is 9.47. The lowest BCUT2D eigenvalue weighted by Gasteiger charge is -2.19. The highest BCUT2D eigenvalue weighted by Gasteiger charge is 2.37. The summed E-state index contributed by atoms with van der Waals surface area (Å²) < 4.78 is 79.3. The molecule has 2 aromatic carbocycles. The summed E-state index contributed by atoms with van der Waals surface area (Å²) in [5.74, 6) is -0.842. The predicted octanol–water partition coefficient (Wildman–Crippen LogP) is 5.78. The SMILES string of the molecule is CN(C)CCCC(=O)NC(Cc1c[nH]c2ccccc12)C(=O)CCc1cc(C(F)(F)F)cc(C(F)(F)F)c1. The molecule has 0 radical (unpaired) electrons. The Kier molecular flexibility index (Phi) is 9.24. The molecule has 0 spiro atoms. The normalized spacial score (nSPS) is 13.2. The van der Waals surface area contributed by atoms with Crippen molar-refractivity contribution in [1.82, 2.24) is 15.2 Å². The number of alkyl halides is 6. The lowest BCUT2D eigenvalue weighted by atomic mass is 9.95. The van der Waals surface area contributed by atoms with Crippen LogP contribution in [-0.2, 0) is 34.8 Å². The molecule has 0 saturated carbocycles. The highest BCUT2D eigenvalue weighted by atomic mass is 19.4. The minimum Gasteiger partial charge on any atom is -0.361 e. The van der Waals surface area contributed by atoms with Crippen LogP contribution in [0.25, 0.3) is 10.9 Å². The number of aryl methyl sites for hydroxylation is 1. The zero-order valence-corrected chi connectivity index (χ0v) is 21.0. The number of aromatic nitrogens is 1. The molecule has 1 atom stereocenters. The van der Waals surface area contributed by atoms with Crippen LogP contribution in [0.4, 0.5) is 26.3 Å². The van der Waals surface area contributed by atoms with Crippen molar-refractivity contribution in [3.63, 3.8) is 0 Å². The van der Waals surface area contributed by atoms with E-state index in [1.165, 1.54) is 0 Å². The van der Waals surface area contributed by atoms with E-state index >= 15 is 0 Å². The summed E-state index contributed by atoms with van der Waals surface area (Å²) in [6.45, 7) is 0.658. The van der Waals surface area contributed by atoms with Crippen LogP contribution < -0.4 is 5.32 Å². The molecule has 5 nitrogen and oxygen atoms in total. The molecule has 0 bridgehead atoms. The summed E-state index contributed by atoms with van der Waals surface area (Å²) in [5, 5.41) is 3.57. The van der Waals surface area contributed by atoms with Gasteiger partial charge in [0.05, 0.1) is 17.2 Å². The van der Waals surface area contributed by atoms with E-state index < -0.39 is 35.3 Å². The summed E-state index contributed by atoms with van der Waals surface area (Å²) in [4.78, 5) is 30.8. The van der Waals surface area contributed by atoms with Gasteiger partial charge in [-0.05, 0) is 68.9 Å². The molecule has 206 valence electrons. The first-order valence-corrected chi connectivity index (χ1v) is 12.0. The van der Waals surface area contributed by atoms with E-state index in [-0.39, 0.29) is 43.2 Å². The molecule has 0 aliphatic carbocycles. The van der Waals surface area contributed by atoms with E-state index in [1.807, 2.05) is 43.3 Å². The highest BCUT2D eigenvalue weighted by molar-refractivity contribution is 5.91. The molecule has 1 heterocycles. The van der Waals surface area contributed by atoms with Crippen LogP contribution in [0.15, 0.2) is 48.7 Å². The van der Waals surface area contributed by atoms with Crippen LogP contribution in [0.2, 0.25) is 0 Å². The van der Waals surface area contributed by atoms with Crippen molar-refractivity contribution in [3.8, 4) is 0 Å². The molecule has 3 aromatic rings. The minimum absolute atomic E-state index is 0.0547. The Hall–Kier alpha value is -3.34. The summed E-state index contributed by atoms with van der Waals surface area (Å²) in [6.07, 6.45) is -8.08. The van der Waals surface area contributed by atoms with Crippen molar-refractivity contribution in [1.29, 1.82) is 0 Å². The molecule has 0 aliphatic heterocycles. The van der Waals surface area contributed by atoms with Crippen molar-refractivity contribution in [2.24, 2.45) is 0 Å². The average Bonchev–Trinajstić information content (AvgIpc) is 3.23. The Bertz CT molecular complexity index is 1230. The number of nitrogens with one attached hydrogen (secondary N) is 2.